The molecule has 1 fully saturated rings. The quantitative estimate of drug-likeness (QED) is 0.795. The van der Waals surface area contributed by atoms with Crippen LogP contribution in [0.2, 0.25) is 0 Å². The van der Waals surface area contributed by atoms with Crippen molar-refractivity contribution in [3.63, 3.8) is 0 Å². The van der Waals surface area contributed by atoms with Crippen LogP contribution in [0, 0.1) is 0 Å². The van der Waals surface area contributed by atoms with Gasteiger partial charge in [0.1, 0.15) is 0 Å². The predicted molar refractivity (Wildman–Crippen MR) is 88.0 cm³/mol. The van der Waals surface area contributed by atoms with E-state index in [0.29, 0.717) is 6.04 Å². The highest BCUT2D eigenvalue weighted by atomic mass is 79.9. The molecule has 0 saturated carbocycles. The predicted octanol–water partition coefficient (Wildman–Crippen LogP) is 2.96. The second kappa shape index (κ2) is 8.60. The van der Waals surface area contributed by atoms with Crippen molar-refractivity contribution < 1.29 is 5.11 Å². The van der Waals surface area contributed by atoms with E-state index < -0.39 is 0 Å². The molecule has 0 bridgehead atoms. The van der Waals surface area contributed by atoms with Crippen molar-refractivity contribution in [2.45, 2.75) is 12.5 Å². The summed E-state index contributed by atoms with van der Waals surface area (Å²) in [6, 6.07) is 6.63. The summed E-state index contributed by atoms with van der Waals surface area (Å²) in [6.45, 7) is 4.34. The van der Waals surface area contributed by atoms with Crippen molar-refractivity contribution in [1.29, 1.82) is 0 Å². The molecule has 108 valence electrons. The number of halogens is 3. The number of rotatable bonds is 4. The van der Waals surface area contributed by atoms with Crippen molar-refractivity contribution in [1.82, 2.24) is 10.2 Å². The summed E-state index contributed by atoms with van der Waals surface area (Å²) in [4.78, 5) is 2.45. The fourth-order valence-electron chi connectivity index (χ4n) is 2.44. The third kappa shape index (κ3) is 4.99. The largest absolute Gasteiger partial charge is 0.396 e. The number of piperazine rings is 1. The molecule has 0 unspecified atom stereocenters. The van der Waals surface area contributed by atoms with Crippen LogP contribution >= 0.6 is 44.3 Å². The summed E-state index contributed by atoms with van der Waals surface area (Å²) in [5, 5.41) is 12.7. The van der Waals surface area contributed by atoms with Crippen molar-refractivity contribution in [2.75, 3.05) is 32.8 Å². The lowest BCUT2D eigenvalue weighted by Gasteiger charge is -2.35. The highest BCUT2D eigenvalue weighted by Crippen LogP contribution is 2.29. The Labute approximate surface area is 137 Å². The molecule has 2 N–H and O–H groups in total. The van der Waals surface area contributed by atoms with Crippen LogP contribution in [0.25, 0.3) is 0 Å². The first-order valence-corrected chi connectivity index (χ1v) is 7.81. The Hall–Kier alpha value is 0.350. The molecule has 1 heterocycles. The van der Waals surface area contributed by atoms with Crippen molar-refractivity contribution in [3.05, 3.63) is 32.7 Å². The first-order chi connectivity index (χ1) is 8.70. The SMILES string of the molecule is Cl.OCC[C@@H](c1cc(Br)cc(Br)c1)N1CCNCC1. The third-order valence-electron chi connectivity index (χ3n) is 3.26. The van der Waals surface area contributed by atoms with Crippen molar-refractivity contribution in [2.24, 2.45) is 0 Å². The lowest BCUT2D eigenvalue weighted by Crippen LogP contribution is -2.45. The van der Waals surface area contributed by atoms with Gasteiger partial charge >= 0.3 is 0 Å². The van der Waals surface area contributed by atoms with Gasteiger partial charge in [0.15, 0.2) is 0 Å². The maximum atomic E-state index is 9.30. The van der Waals surface area contributed by atoms with Crippen molar-refractivity contribution in [3.8, 4) is 0 Å². The van der Waals surface area contributed by atoms with Crippen molar-refractivity contribution >= 4 is 44.3 Å². The van der Waals surface area contributed by atoms with Gasteiger partial charge in [0.05, 0.1) is 0 Å². The number of hydrogen-bond acceptors (Lipinski definition) is 3. The summed E-state index contributed by atoms with van der Waals surface area (Å²) in [5.74, 6) is 0. The zero-order valence-electron chi connectivity index (χ0n) is 10.6. The van der Waals surface area contributed by atoms with E-state index >= 15 is 0 Å². The van der Waals surface area contributed by atoms with Gasteiger partial charge < -0.3 is 10.4 Å². The van der Waals surface area contributed by atoms with Crippen LogP contribution in [0.5, 0.6) is 0 Å². The molecule has 6 heteroatoms. The van der Waals surface area contributed by atoms with Gasteiger partial charge in [-0.25, -0.2) is 0 Å². The minimum atomic E-state index is 0. The van der Waals surface area contributed by atoms with Gasteiger partial charge in [-0.05, 0) is 30.2 Å². The molecule has 1 aliphatic rings. The Morgan fingerprint density at radius 1 is 1.16 bits per heavy atom. The third-order valence-corrected chi connectivity index (χ3v) is 4.18. The van der Waals surface area contributed by atoms with E-state index in [9.17, 15) is 5.11 Å². The van der Waals surface area contributed by atoms with Gasteiger partial charge in [0, 0.05) is 47.8 Å². The van der Waals surface area contributed by atoms with Crippen LogP contribution in [-0.4, -0.2) is 42.8 Å². The van der Waals surface area contributed by atoms with Gasteiger partial charge in [-0.15, -0.1) is 12.4 Å². The molecule has 0 aromatic heterocycles. The molecule has 3 nitrogen and oxygen atoms in total. The van der Waals surface area contributed by atoms with E-state index in [4.69, 9.17) is 0 Å². The molecular weight excluding hydrogens is 395 g/mol. The second-order valence-electron chi connectivity index (χ2n) is 4.52. The van der Waals surface area contributed by atoms with Gasteiger partial charge in [-0.3, -0.25) is 4.90 Å². The van der Waals surface area contributed by atoms with Gasteiger partial charge in [0.2, 0.25) is 0 Å². The normalized spacial score (nSPS) is 17.8. The van der Waals surface area contributed by atoms with Gasteiger partial charge in [0.25, 0.3) is 0 Å². The molecule has 0 radical (unpaired) electrons. The summed E-state index contributed by atoms with van der Waals surface area (Å²) in [5.41, 5.74) is 1.26. The molecule has 0 aliphatic carbocycles. The zero-order valence-corrected chi connectivity index (χ0v) is 14.6. The topological polar surface area (TPSA) is 35.5 Å². The molecule has 1 saturated heterocycles. The highest BCUT2D eigenvalue weighted by molar-refractivity contribution is 9.11. The molecule has 1 aromatic carbocycles. The minimum Gasteiger partial charge on any atom is -0.396 e. The van der Waals surface area contributed by atoms with E-state index in [0.717, 1.165) is 41.5 Å². The number of nitrogens with one attached hydrogen (secondary N) is 1. The lowest BCUT2D eigenvalue weighted by molar-refractivity contribution is 0.141. The van der Waals surface area contributed by atoms with Crippen LogP contribution in [0.3, 0.4) is 0 Å². The lowest BCUT2D eigenvalue weighted by atomic mass is 10.0. The Morgan fingerprint density at radius 3 is 2.26 bits per heavy atom. The Morgan fingerprint density at radius 2 is 1.74 bits per heavy atom. The molecule has 1 aliphatic heterocycles. The summed E-state index contributed by atoms with van der Waals surface area (Å²) in [7, 11) is 0. The van der Waals surface area contributed by atoms with Crippen LogP contribution in [0.15, 0.2) is 27.1 Å². The monoisotopic (exact) mass is 412 g/mol. The van der Waals surface area contributed by atoms with Crippen LogP contribution in [0.4, 0.5) is 0 Å². The summed E-state index contributed by atoms with van der Waals surface area (Å²) < 4.78 is 2.15. The standard InChI is InChI=1S/C13H18Br2N2O.ClH/c14-11-7-10(8-12(15)9-11)13(1-6-18)17-4-2-16-3-5-17;/h7-9,13,16,18H,1-6H2;1H/t13-;/m0./s1. The van der Waals surface area contributed by atoms with Crippen LogP contribution < -0.4 is 5.32 Å². The number of aliphatic hydroxyl groups is 1. The number of aliphatic hydroxyl groups excluding tert-OH is 1. The number of benzene rings is 1. The van der Waals surface area contributed by atoms with E-state index in [2.05, 4.69) is 54.2 Å². The van der Waals surface area contributed by atoms with E-state index in [1.54, 1.807) is 0 Å². The Balaban J connectivity index is 0.00000180. The first kappa shape index (κ1) is 17.4. The van der Waals surface area contributed by atoms with E-state index in [-0.39, 0.29) is 19.0 Å². The molecule has 1 atom stereocenters. The fraction of sp³-hybridized carbons (Fsp3) is 0.538. The molecule has 19 heavy (non-hydrogen) atoms. The highest BCUT2D eigenvalue weighted by Gasteiger charge is 2.22. The Bertz CT molecular complexity index is 380. The molecule has 2 rings (SSSR count). The molecule has 0 amide bonds. The zero-order chi connectivity index (χ0) is 13.0. The maximum Gasteiger partial charge on any atom is 0.0449 e. The molecular formula is C13H19Br2ClN2O. The summed E-state index contributed by atoms with van der Waals surface area (Å²) in [6.07, 6.45) is 0.781. The number of hydrogen-bond donors (Lipinski definition) is 2. The van der Waals surface area contributed by atoms with Crippen LogP contribution in [0.1, 0.15) is 18.0 Å². The van der Waals surface area contributed by atoms with Crippen LogP contribution in [-0.2, 0) is 0 Å². The maximum absolute atomic E-state index is 9.30. The summed E-state index contributed by atoms with van der Waals surface area (Å²) >= 11 is 7.07. The molecule has 1 aromatic rings. The smallest absolute Gasteiger partial charge is 0.0449 e. The van der Waals surface area contributed by atoms with E-state index in [1.165, 1.54) is 5.56 Å². The molecule has 0 spiro atoms. The fourth-order valence-corrected chi connectivity index (χ4v) is 3.77. The van der Waals surface area contributed by atoms with Gasteiger partial charge in [-0.2, -0.15) is 0 Å². The minimum absolute atomic E-state index is 0. The van der Waals surface area contributed by atoms with E-state index in [1.807, 2.05) is 6.07 Å². The number of nitrogens with zero attached hydrogens (tertiary/aromatic N) is 1. The Kier molecular flexibility index (Phi) is 7.87. The van der Waals surface area contributed by atoms with Gasteiger partial charge in [-0.1, -0.05) is 31.9 Å². The first-order valence-electron chi connectivity index (χ1n) is 6.22. The average Bonchev–Trinajstić information content (AvgIpc) is 2.36. The average molecular weight is 415 g/mol. The second-order valence-corrected chi connectivity index (χ2v) is 6.35.